The highest BCUT2D eigenvalue weighted by Gasteiger charge is 2.25. The van der Waals surface area contributed by atoms with E-state index in [2.05, 4.69) is 27.3 Å². The average Bonchev–Trinajstić information content (AvgIpc) is 3.38. The first-order chi connectivity index (χ1) is 19.4. The first-order valence-corrected chi connectivity index (χ1v) is 13.1. The maximum Gasteiger partial charge on any atom is 0.280 e. The molecule has 10 nitrogen and oxygen atoms in total. The van der Waals surface area contributed by atoms with Crippen LogP contribution in [-0.4, -0.2) is 66.5 Å². The van der Waals surface area contributed by atoms with Gasteiger partial charge in [0.25, 0.3) is 5.91 Å². The van der Waals surface area contributed by atoms with E-state index in [9.17, 15) is 4.79 Å². The molecule has 1 N–H and O–H groups in total. The number of anilines is 1. The highest BCUT2D eigenvalue weighted by atomic mass is 19.1. The van der Waals surface area contributed by atoms with Gasteiger partial charge in [-0.1, -0.05) is 0 Å². The molecule has 210 valence electrons. The van der Waals surface area contributed by atoms with Crippen LogP contribution in [0.2, 0.25) is 0 Å². The summed E-state index contributed by atoms with van der Waals surface area (Å²) in [6.45, 7) is 4.07. The molecular weight excluding hydrogens is 517 g/mol. The summed E-state index contributed by atoms with van der Waals surface area (Å²) in [6, 6.07) is 9.54. The van der Waals surface area contributed by atoms with Crippen molar-refractivity contribution in [3.05, 3.63) is 60.3 Å². The van der Waals surface area contributed by atoms with E-state index in [1.165, 1.54) is 12.1 Å². The summed E-state index contributed by atoms with van der Waals surface area (Å²) in [5.41, 5.74) is 0.740. The Morgan fingerprint density at radius 1 is 1.10 bits per heavy atom. The Morgan fingerprint density at radius 2 is 1.90 bits per heavy atom. The number of amides is 1. The molecular formula is C29H32FN5O5. The third-order valence-corrected chi connectivity index (χ3v) is 6.81. The van der Waals surface area contributed by atoms with Crippen LogP contribution in [0.25, 0.3) is 10.9 Å². The first kappa shape index (κ1) is 27.2. The van der Waals surface area contributed by atoms with Crippen molar-refractivity contribution < 1.29 is 28.1 Å². The Kier molecular flexibility index (Phi) is 8.01. The summed E-state index contributed by atoms with van der Waals surface area (Å²) >= 11 is 0. The van der Waals surface area contributed by atoms with Crippen molar-refractivity contribution in [2.24, 2.45) is 0 Å². The normalized spacial score (nSPS) is 15.6. The molecule has 2 aromatic carbocycles. The van der Waals surface area contributed by atoms with Crippen LogP contribution in [0.3, 0.4) is 0 Å². The second kappa shape index (κ2) is 11.8. The van der Waals surface area contributed by atoms with Crippen LogP contribution < -0.4 is 24.3 Å². The molecule has 1 aliphatic rings. The number of carbonyl (C=O) groups excluding carboxylic acids is 1. The number of fused-ring (bicyclic) bond motifs is 1. The molecule has 1 saturated heterocycles. The Balaban J connectivity index is 1.35. The lowest BCUT2D eigenvalue weighted by molar-refractivity contribution is 0.101. The Morgan fingerprint density at radius 3 is 2.62 bits per heavy atom. The van der Waals surface area contributed by atoms with Crippen LogP contribution in [0.5, 0.6) is 28.7 Å². The van der Waals surface area contributed by atoms with E-state index in [0.717, 1.165) is 25.9 Å². The number of piperidine rings is 1. The largest absolute Gasteiger partial charge is 0.493 e. The molecule has 3 heterocycles. The number of pyridine rings is 1. The molecule has 40 heavy (non-hydrogen) atoms. The second-order valence-corrected chi connectivity index (χ2v) is 9.54. The average molecular weight is 550 g/mol. The van der Waals surface area contributed by atoms with Gasteiger partial charge in [-0.3, -0.25) is 14.5 Å². The molecule has 0 radical (unpaired) electrons. The van der Waals surface area contributed by atoms with Crippen LogP contribution in [0.1, 0.15) is 36.3 Å². The maximum absolute atomic E-state index is 15.1. The molecule has 0 bridgehead atoms. The van der Waals surface area contributed by atoms with Crippen LogP contribution in [0.15, 0.2) is 48.8 Å². The molecule has 5 rings (SSSR count). The van der Waals surface area contributed by atoms with Gasteiger partial charge >= 0.3 is 0 Å². The number of ether oxygens (including phenoxy) is 4. The van der Waals surface area contributed by atoms with Crippen molar-refractivity contribution in [1.29, 1.82) is 0 Å². The quantitative estimate of drug-likeness (QED) is 0.300. The van der Waals surface area contributed by atoms with E-state index in [1.807, 2.05) is 6.92 Å². The summed E-state index contributed by atoms with van der Waals surface area (Å²) in [5.74, 6) is 0.914. The van der Waals surface area contributed by atoms with Gasteiger partial charge in [0.15, 0.2) is 22.9 Å². The Bertz CT molecular complexity index is 1520. The van der Waals surface area contributed by atoms with Gasteiger partial charge in [0.05, 0.1) is 44.3 Å². The lowest BCUT2D eigenvalue weighted by Crippen LogP contribution is -2.33. The number of rotatable bonds is 9. The first-order valence-electron chi connectivity index (χ1n) is 13.1. The van der Waals surface area contributed by atoms with Gasteiger partial charge in [-0.05, 0) is 57.6 Å². The van der Waals surface area contributed by atoms with Crippen LogP contribution in [0.4, 0.5) is 10.1 Å². The molecule has 1 amide bonds. The number of aromatic nitrogens is 3. The lowest BCUT2D eigenvalue weighted by atomic mass is 10.1. The zero-order valence-electron chi connectivity index (χ0n) is 22.9. The summed E-state index contributed by atoms with van der Waals surface area (Å²) in [4.78, 5) is 19.7. The van der Waals surface area contributed by atoms with E-state index >= 15 is 4.39 Å². The lowest BCUT2D eigenvalue weighted by Gasteiger charge is -2.29. The van der Waals surface area contributed by atoms with E-state index in [1.54, 1.807) is 55.6 Å². The van der Waals surface area contributed by atoms with Gasteiger partial charge in [0.1, 0.15) is 17.3 Å². The van der Waals surface area contributed by atoms with Gasteiger partial charge in [-0.25, -0.2) is 4.39 Å². The molecule has 2 aromatic heterocycles. The summed E-state index contributed by atoms with van der Waals surface area (Å²) in [6.07, 6.45) is 5.35. The van der Waals surface area contributed by atoms with Gasteiger partial charge in [0.2, 0.25) is 0 Å². The molecule has 11 heteroatoms. The van der Waals surface area contributed by atoms with Crippen molar-refractivity contribution in [3.8, 4) is 28.7 Å². The number of halogens is 1. The highest BCUT2D eigenvalue weighted by molar-refractivity contribution is 6.04. The zero-order valence-corrected chi connectivity index (χ0v) is 22.9. The number of likely N-dealkylation sites (tertiary alicyclic amines) is 1. The van der Waals surface area contributed by atoms with Crippen LogP contribution in [0, 0.1) is 5.82 Å². The Labute approximate surface area is 231 Å². The zero-order chi connectivity index (χ0) is 28.2. The van der Waals surface area contributed by atoms with E-state index < -0.39 is 11.7 Å². The number of nitrogens with zero attached hydrogens (tertiary/aromatic N) is 4. The van der Waals surface area contributed by atoms with E-state index in [0.29, 0.717) is 40.5 Å². The number of hydrogen-bond acceptors (Lipinski definition) is 8. The molecule has 1 unspecified atom stereocenters. The van der Waals surface area contributed by atoms with Crippen LogP contribution in [-0.2, 0) is 0 Å². The minimum Gasteiger partial charge on any atom is -0.493 e. The van der Waals surface area contributed by atoms with Crippen molar-refractivity contribution in [2.75, 3.05) is 46.3 Å². The van der Waals surface area contributed by atoms with Gasteiger partial charge < -0.3 is 29.2 Å². The van der Waals surface area contributed by atoms with Crippen LogP contribution >= 0.6 is 0 Å². The number of methoxy groups -OCH3 is 2. The number of hydrogen-bond donors (Lipinski definition) is 1. The Hall–Kier alpha value is -4.38. The maximum atomic E-state index is 15.1. The number of carbonyl (C=O) groups is 1. The molecule has 0 spiro atoms. The van der Waals surface area contributed by atoms with Gasteiger partial charge in [-0.15, -0.1) is 0 Å². The van der Waals surface area contributed by atoms with Gasteiger partial charge in [0, 0.05) is 30.3 Å². The van der Waals surface area contributed by atoms with Gasteiger partial charge in [-0.2, -0.15) is 5.10 Å². The predicted octanol–water partition coefficient (Wildman–Crippen LogP) is 5.30. The number of likely N-dealkylation sites (N-methyl/N-ethyl adjacent to an activating group) is 1. The summed E-state index contributed by atoms with van der Waals surface area (Å²) in [7, 11) is 5.15. The third-order valence-electron chi connectivity index (χ3n) is 6.81. The van der Waals surface area contributed by atoms with Crippen molar-refractivity contribution in [1.82, 2.24) is 19.7 Å². The standard InChI is InChI=1S/C29H32FN5O5/c1-5-39-27-17-35(18-7-6-12-34(2)16-18)33-28(27)29(36)32-22-9-8-19(13-21(22)30)40-24-10-11-31-23-15-26(38-4)25(37-3)14-20(23)24/h8-11,13-15,17-18H,5-7,12,16H2,1-4H3,(H,32,36). The fraction of sp³-hybridized carbons (Fsp3) is 0.345. The van der Waals surface area contributed by atoms with E-state index in [-0.39, 0.29) is 23.2 Å². The SMILES string of the molecule is CCOc1cn(C2CCCN(C)C2)nc1C(=O)Nc1ccc(Oc2ccnc3cc(OC)c(OC)cc23)cc1F. The molecule has 0 saturated carbocycles. The smallest absolute Gasteiger partial charge is 0.280 e. The molecule has 4 aromatic rings. The minimum atomic E-state index is -0.658. The minimum absolute atomic E-state index is 0.00209. The molecule has 1 atom stereocenters. The number of benzene rings is 2. The summed E-state index contributed by atoms with van der Waals surface area (Å²) in [5, 5.41) is 7.81. The predicted molar refractivity (Wildman–Crippen MR) is 148 cm³/mol. The van der Waals surface area contributed by atoms with Crippen molar-refractivity contribution in [3.63, 3.8) is 0 Å². The molecule has 1 fully saturated rings. The fourth-order valence-corrected chi connectivity index (χ4v) is 4.84. The molecule has 0 aliphatic carbocycles. The van der Waals surface area contributed by atoms with Crippen molar-refractivity contribution >= 4 is 22.5 Å². The highest BCUT2D eigenvalue weighted by Crippen LogP contribution is 2.37. The fourth-order valence-electron chi connectivity index (χ4n) is 4.84. The monoisotopic (exact) mass is 549 g/mol. The summed E-state index contributed by atoms with van der Waals surface area (Å²) < 4.78 is 39.3. The topological polar surface area (TPSA) is 100.0 Å². The van der Waals surface area contributed by atoms with Crippen molar-refractivity contribution in [2.45, 2.75) is 25.8 Å². The third kappa shape index (κ3) is 5.64. The van der Waals surface area contributed by atoms with E-state index in [4.69, 9.17) is 18.9 Å². The number of nitrogens with one attached hydrogen (secondary N) is 1. The second-order valence-electron chi connectivity index (χ2n) is 9.54. The molecule has 1 aliphatic heterocycles.